The molecule has 1 saturated heterocycles. The van der Waals surface area contributed by atoms with Crippen LogP contribution >= 0.6 is 0 Å². The molecular formula is C10H19N3O4. The van der Waals surface area contributed by atoms with E-state index < -0.39 is 24.1 Å². The lowest BCUT2D eigenvalue weighted by Gasteiger charge is -2.22. The first-order valence-electron chi connectivity index (χ1n) is 5.52. The standard InChI is InChI=1S/C10H19N3O4/c1-12(2)4-3-11-10(17)13-6-7(14)5-8(13)9(15)16/h7-8,14H,3-6H2,1-2H3,(H,11,17)(H,15,16)/t7-,8-/m1/s1. The molecule has 0 saturated carbocycles. The summed E-state index contributed by atoms with van der Waals surface area (Å²) < 4.78 is 0. The number of aliphatic hydroxyl groups excluding tert-OH is 1. The first-order chi connectivity index (χ1) is 7.91. The van der Waals surface area contributed by atoms with Gasteiger partial charge < -0.3 is 25.3 Å². The average Bonchev–Trinajstić information content (AvgIpc) is 2.59. The van der Waals surface area contributed by atoms with E-state index >= 15 is 0 Å². The highest BCUT2D eigenvalue weighted by atomic mass is 16.4. The number of carbonyl (C=O) groups is 2. The molecule has 2 amide bonds. The van der Waals surface area contributed by atoms with Crippen LogP contribution in [0.5, 0.6) is 0 Å². The molecule has 0 aromatic heterocycles. The fourth-order valence-electron chi connectivity index (χ4n) is 1.76. The molecule has 0 aromatic carbocycles. The van der Waals surface area contributed by atoms with E-state index in [0.717, 1.165) is 0 Å². The Kier molecular flexibility index (Phi) is 4.71. The number of urea groups is 1. The van der Waals surface area contributed by atoms with Gasteiger partial charge in [-0.2, -0.15) is 0 Å². The first kappa shape index (κ1) is 13.7. The van der Waals surface area contributed by atoms with Crippen molar-refractivity contribution in [1.29, 1.82) is 0 Å². The van der Waals surface area contributed by atoms with E-state index in [2.05, 4.69) is 5.32 Å². The highest BCUT2D eigenvalue weighted by Crippen LogP contribution is 2.17. The molecule has 7 nitrogen and oxygen atoms in total. The molecular weight excluding hydrogens is 226 g/mol. The number of likely N-dealkylation sites (tertiary alicyclic amines) is 1. The maximum absolute atomic E-state index is 11.7. The molecule has 1 aliphatic rings. The number of hydrogen-bond donors (Lipinski definition) is 3. The van der Waals surface area contributed by atoms with Crippen molar-refractivity contribution in [3.63, 3.8) is 0 Å². The third-order valence-corrected chi connectivity index (χ3v) is 2.66. The molecule has 7 heteroatoms. The van der Waals surface area contributed by atoms with Crippen LogP contribution in [0.1, 0.15) is 6.42 Å². The van der Waals surface area contributed by atoms with E-state index in [9.17, 15) is 14.7 Å². The average molecular weight is 245 g/mol. The van der Waals surface area contributed by atoms with Gasteiger partial charge in [0.2, 0.25) is 0 Å². The fraction of sp³-hybridized carbons (Fsp3) is 0.800. The van der Waals surface area contributed by atoms with E-state index in [1.165, 1.54) is 4.90 Å². The van der Waals surface area contributed by atoms with Crippen molar-refractivity contribution >= 4 is 12.0 Å². The van der Waals surface area contributed by atoms with Crippen molar-refractivity contribution in [3.05, 3.63) is 0 Å². The molecule has 0 spiro atoms. The number of amides is 2. The van der Waals surface area contributed by atoms with Gasteiger partial charge in [0.1, 0.15) is 6.04 Å². The van der Waals surface area contributed by atoms with Crippen LogP contribution in [0.2, 0.25) is 0 Å². The minimum absolute atomic E-state index is 0.0742. The van der Waals surface area contributed by atoms with Gasteiger partial charge in [0, 0.05) is 26.1 Å². The summed E-state index contributed by atoms with van der Waals surface area (Å²) in [6.07, 6.45) is -0.660. The number of β-amino-alcohol motifs (C(OH)–C–C–N with tert-alkyl or cyclic N) is 1. The number of carbonyl (C=O) groups excluding carboxylic acids is 1. The summed E-state index contributed by atoms with van der Waals surface area (Å²) in [5, 5.41) is 20.9. The zero-order chi connectivity index (χ0) is 13.0. The van der Waals surface area contributed by atoms with Gasteiger partial charge in [-0.1, -0.05) is 0 Å². The fourth-order valence-corrected chi connectivity index (χ4v) is 1.76. The zero-order valence-corrected chi connectivity index (χ0v) is 10.1. The Morgan fingerprint density at radius 1 is 1.47 bits per heavy atom. The summed E-state index contributed by atoms with van der Waals surface area (Å²) in [5.74, 6) is -1.08. The van der Waals surface area contributed by atoms with Gasteiger partial charge in [0.15, 0.2) is 0 Å². The van der Waals surface area contributed by atoms with Gasteiger partial charge in [-0.15, -0.1) is 0 Å². The first-order valence-corrected chi connectivity index (χ1v) is 5.52. The summed E-state index contributed by atoms with van der Waals surface area (Å²) in [5.41, 5.74) is 0. The Balaban J connectivity index is 2.47. The van der Waals surface area contributed by atoms with Gasteiger partial charge in [0.25, 0.3) is 0 Å². The maximum Gasteiger partial charge on any atom is 0.326 e. The SMILES string of the molecule is CN(C)CCNC(=O)N1C[C@H](O)C[C@@H]1C(=O)O. The number of rotatable bonds is 4. The number of likely N-dealkylation sites (N-methyl/N-ethyl adjacent to an activating group) is 1. The van der Waals surface area contributed by atoms with Crippen molar-refractivity contribution in [1.82, 2.24) is 15.1 Å². The number of hydrogen-bond acceptors (Lipinski definition) is 4. The molecule has 0 radical (unpaired) electrons. The van der Waals surface area contributed by atoms with Crippen LogP contribution in [-0.2, 0) is 4.79 Å². The topological polar surface area (TPSA) is 93.1 Å². The van der Waals surface area contributed by atoms with E-state index in [-0.39, 0.29) is 13.0 Å². The molecule has 1 fully saturated rings. The van der Waals surface area contributed by atoms with Crippen LogP contribution in [0.25, 0.3) is 0 Å². The monoisotopic (exact) mass is 245 g/mol. The summed E-state index contributed by atoms with van der Waals surface area (Å²) in [7, 11) is 3.76. The smallest absolute Gasteiger partial charge is 0.326 e. The van der Waals surface area contributed by atoms with Crippen molar-refractivity contribution < 1.29 is 19.8 Å². The number of carboxylic acid groups (broad SMARTS) is 1. The summed E-state index contributed by atoms with van der Waals surface area (Å²) in [6.45, 7) is 1.20. The summed E-state index contributed by atoms with van der Waals surface area (Å²) >= 11 is 0. The van der Waals surface area contributed by atoms with Crippen molar-refractivity contribution in [3.8, 4) is 0 Å². The van der Waals surface area contributed by atoms with Gasteiger partial charge in [-0.05, 0) is 14.1 Å². The Hall–Kier alpha value is -1.34. The van der Waals surface area contributed by atoms with Crippen LogP contribution < -0.4 is 5.32 Å². The maximum atomic E-state index is 11.7. The van der Waals surface area contributed by atoms with Crippen molar-refractivity contribution in [2.24, 2.45) is 0 Å². The van der Waals surface area contributed by atoms with E-state index in [4.69, 9.17) is 5.11 Å². The third kappa shape index (κ3) is 3.86. The highest BCUT2D eigenvalue weighted by molar-refractivity contribution is 5.83. The predicted molar refractivity (Wildman–Crippen MR) is 60.7 cm³/mol. The lowest BCUT2D eigenvalue weighted by Crippen LogP contribution is -2.47. The van der Waals surface area contributed by atoms with Gasteiger partial charge in [-0.25, -0.2) is 9.59 Å². The molecule has 3 N–H and O–H groups in total. The quantitative estimate of drug-likeness (QED) is 0.577. The van der Waals surface area contributed by atoms with Crippen LogP contribution in [0.3, 0.4) is 0 Å². The number of carboxylic acids is 1. The molecule has 1 rings (SSSR count). The lowest BCUT2D eigenvalue weighted by atomic mass is 10.2. The second kappa shape index (κ2) is 5.83. The van der Waals surface area contributed by atoms with Gasteiger partial charge in [0.05, 0.1) is 6.10 Å². The minimum Gasteiger partial charge on any atom is -0.480 e. The normalized spacial score (nSPS) is 24.1. The zero-order valence-electron chi connectivity index (χ0n) is 10.1. The van der Waals surface area contributed by atoms with E-state index in [1.54, 1.807) is 0 Å². The lowest BCUT2D eigenvalue weighted by molar-refractivity contribution is -0.141. The molecule has 1 aliphatic heterocycles. The largest absolute Gasteiger partial charge is 0.480 e. The van der Waals surface area contributed by atoms with Crippen molar-refractivity contribution in [2.75, 3.05) is 33.7 Å². The number of aliphatic hydroxyl groups is 1. The molecule has 0 aliphatic carbocycles. The van der Waals surface area contributed by atoms with E-state index in [1.807, 2.05) is 19.0 Å². The Morgan fingerprint density at radius 3 is 2.65 bits per heavy atom. The summed E-state index contributed by atoms with van der Waals surface area (Å²) in [6, 6.07) is -1.36. The molecule has 98 valence electrons. The number of nitrogens with zero attached hydrogens (tertiary/aromatic N) is 2. The Morgan fingerprint density at radius 2 is 2.12 bits per heavy atom. The summed E-state index contributed by atoms with van der Waals surface area (Å²) in [4.78, 5) is 25.7. The van der Waals surface area contributed by atoms with Gasteiger partial charge in [-0.3, -0.25) is 0 Å². The molecule has 0 bridgehead atoms. The molecule has 17 heavy (non-hydrogen) atoms. The van der Waals surface area contributed by atoms with Crippen LogP contribution in [-0.4, -0.2) is 77.9 Å². The van der Waals surface area contributed by atoms with E-state index in [0.29, 0.717) is 13.1 Å². The minimum atomic E-state index is -1.08. The van der Waals surface area contributed by atoms with Gasteiger partial charge >= 0.3 is 12.0 Å². The second-order valence-corrected chi connectivity index (χ2v) is 4.43. The third-order valence-electron chi connectivity index (χ3n) is 2.66. The highest BCUT2D eigenvalue weighted by Gasteiger charge is 2.38. The number of aliphatic carboxylic acids is 1. The predicted octanol–water partition coefficient (Wildman–Crippen LogP) is -1.22. The molecule has 2 atom stereocenters. The van der Waals surface area contributed by atoms with Crippen LogP contribution in [0.15, 0.2) is 0 Å². The van der Waals surface area contributed by atoms with Crippen molar-refractivity contribution in [2.45, 2.75) is 18.6 Å². The van der Waals surface area contributed by atoms with Crippen LogP contribution in [0.4, 0.5) is 4.79 Å². The molecule has 0 aromatic rings. The molecule has 0 unspecified atom stereocenters. The van der Waals surface area contributed by atoms with Crippen LogP contribution in [0, 0.1) is 0 Å². The second-order valence-electron chi connectivity index (χ2n) is 4.43. The molecule has 1 heterocycles. The Labute approximate surface area is 100.0 Å². The Bertz CT molecular complexity index is 295. The number of nitrogens with one attached hydrogen (secondary N) is 1.